The van der Waals surface area contributed by atoms with E-state index in [9.17, 15) is 4.79 Å². The number of aryl methyl sites for hydroxylation is 2. The van der Waals surface area contributed by atoms with Crippen molar-refractivity contribution in [1.82, 2.24) is 0 Å². The normalized spacial score (nSPS) is 12.1. The van der Waals surface area contributed by atoms with Crippen molar-refractivity contribution in [3.63, 3.8) is 0 Å². The van der Waals surface area contributed by atoms with E-state index in [-0.39, 0.29) is 0 Å². The van der Waals surface area contributed by atoms with Crippen LogP contribution in [0.4, 0.5) is 0 Å². The number of benzene rings is 2. The standard InChI is InChI=1S/C19H19O2P/c1-15-13-21-16(2)19(15)22(14-20,17-9-5-3-6-10-17)18-11-7-4-8-12-18/h3-14,22H,1-2H3. The second-order valence-corrected chi connectivity index (χ2v) is 9.01. The summed E-state index contributed by atoms with van der Waals surface area (Å²) in [5.74, 6) is 0.837. The molecule has 3 rings (SSSR count). The van der Waals surface area contributed by atoms with Crippen LogP contribution in [-0.2, 0) is 4.79 Å². The molecule has 0 aliphatic heterocycles. The van der Waals surface area contributed by atoms with Crippen LogP contribution in [0.2, 0.25) is 0 Å². The van der Waals surface area contributed by atoms with Crippen molar-refractivity contribution in [1.29, 1.82) is 0 Å². The predicted molar refractivity (Wildman–Crippen MR) is 95.0 cm³/mol. The van der Waals surface area contributed by atoms with Crippen LogP contribution in [0, 0.1) is 13.8 Å². The van der Waals surface area contributed by atoms with Crippen molar-refractivity contribution >= 4 is 29.2 Å². The van der Waals surface area contributed by atoms with E-state index in [0.717, 1.165) is 27.2 Å². The first-order valence-corrected chi connectivity index (χ1v) is 9.40. The molecule has 22 heavy (non-hydrogen) atoms. The molecule has 2 aromatic carbocycles. The Morgan fingerprint density at radius 3 is 1.73 bits per heavy atom. The van der Waals surface area contributed by atoms with E-state index >= 15 is 0 Å². The van der Waals surface area contributed by atoms with Gasteiger partial charge in [0.05, 0.1) is 0 Å². The van der Waals surface area contributed by atoms with Crippen molar-refractivity contribution in [2.45, 2.75) is 13.8 Å². The molecule has 0 N–H and O–H groups in total. The Labute approximate surface area is 131 Å². The predicted octanol–water partition coefficient (Wildman–Crippen LogP) is 3.11. The molecule has 0 saturated carbocycles. The third-order valence-corrected chi connectivity index (χ3v) is 8.56. The van der Waals surface area contributed by atoms with E-state index in [1.165, 1.54) is 6.03 Å². The molecule has 0 radical (unpaired) electrons. The van der Waals surface area contributed by atoms with Gasteiger partial charge in [-0.25, -0.2) is 0 Å². The Balaban J connectivity index is 2.39. The molecule has 0 atom stereocenters. The van der Waals surface area contributed by atoms with E-state index in [4.69, 9.17) is 4.42 Å². The first-order valence-electron chi connectivity index (χ1n) is 7.32. The summed E-state index contributed by atoms with van der Waals surface area (Å²) in [6.45, 7) is 3.96. The molecule has 1 heterocycles. The van der Waals surface area contributed by atoms with Gasteiger partial charge in [-0.15, -0.1) is 0 Å². The van der Waals surface area contributed by atoms with Crippen LogP contribution < -0.4 is 15.9 Å². The first-order chi connectivity index (χ1) is 10.7. The van der Waals surface area contributed by atoms with Gasteiger partial charge in [-0.3, -0.25) is 0 Å². The summed E-state index contributed by atoms with van der Waals surface area (Å²) >= 11 is 0. The second kappa shape index (κ2) is 5.90. The fourth-order valence-corrected chi connectivity index (χ4v) is 7.25. The zero-order chi connectivity index (χ0) is 15.6. The van der Waals surface area contributed by atoms with Crippen molar-refractivity contribution in [3.05, 3.63) is 78.3 Å². The Morgan fingerprint density at radius 1 is 0.864 bits per heavy atom. The maximum atomic E-state index is 12.5. The molecular weight excluding hydrogens is 291 g/mol. The van der Waals surface area contributed by atoms with E-state index in [2.05, 4.69) is 24.3 Å². The van der Waals surface area contributed by atoms with E-state index in [1.807, 2.05) is 50.2 Å². The third kappa shape index (κ3) is 2.20. The molecule has 0 amide bonds. The molecule has 112 valence electrons. The molecule has 0 fully saturated rings. The van der Waals surface area contributed by atoms with Crippen molar-refractivity contribution < 1.29 is 9.21 Å². The average molecular weight is 310 g/mol. The molecule has 3 aromatic rings. The van der Waals surface area contributed by atoms with Crippen LogP contribution in [0.15, 0.2) is 71.3 Å². The minimum absolute atomic E-state index is 0.837. The quantitative estimate of drug-likeness (QED) is 0.547. The van der Waals surface area contributed by atoms with Gasteiger partial charge < -0.3 is 0 Å². The molecule has 2 nitrogen and oxygen atoms in total. The average Bonchev–Trinajstić information content (AvgIpc) is 2.91. The summed E-state index contributed by atoms with van der Waals surface area (Å²) in [7, 11) is -2.71. The van der Waals surface area contributed by atoms with Gasteiger partial charge in [0.15, 0.2) is 0 Å². The molecule has 0 saturated heterocycles. The number of hydrogen-bond acceptors (Lipinski definition) is 2. The van der Waals surface area contributed by atoms with E-state index < -0.39 is 7.26 Å². The topological polar surface area (TPSA) is 30.2 Å². The number of carbonyl (C=O) groups is 1. The number of rotatable bonds is 4. The van der Waals surface area contributed by atoms with Gasteiger partial charge >= 0.3 is 131 Å². The summed E-state index contributed by atoms with van der Waals surface area (Å²) in [5, 5.41) is 3.24. The van der Waals surface area contributed by atoms with E-state index in [0.29, 0.717) is 0 Å². The van der Waals surface area contributed by atoms with Gasteiger partial charge in [0.25, 0.3) is 0 Å². The number of furan rings is 1. The van der Waals surface area contributed by atoms with Crippen LogP contribution in [0.1, 0.15) is 11.3 Å². The van der Waals surface area contributed by atoms with Crippen molar-refractivity contribution in [3.8, 4) is 0 Å². The van der Waals surface area contributed by atoms with Gasteiger partial charge in [0.2, 0.25) is 0 Å². The molecule has 0 aliphatic carbocycles. The zero-order valence-corrected chi connectivity index (χ0v) is 13.7. The molecule has 0 spiro atoms. The van der Waals surface area contributed by atoms with Crippen LogP contribution in [0.5, 0.6) is 0 Å². The van der Waals surface area contributed by atoms with Crippen molar-refractivity contribution in [2.24, 2.45) is 0 Å². The fourth-order valence-electron chi connectivity index (χ4n) is 3.21. The van der Waals surface area contributed by atoms with E-state index in [1.54, 1.807) is 6.26 Å². The monoisotopic (exact) mass is 310 g/mol. The third-order valence-electron chi connectivity index (χ3n) is 4.19. The number of hydrogen-bond donors (Lipinski definition) is 0. The summed E-state index contributed by atoms with van der Waals surface area (Å²) in [5.41, 5.74) is 1.05. The fraction of sp³-hybridized carbons (Fsp3) is 0.105. The van der Waals surface area contributed by atoms with Gasteiger partial charge in [-0.05, 0) is 0 Å². The molecule has 0 unspecified atom stereocenters. The summed E-state index contributed by atoms with van der Waals surface area (Å²) in [6, 6.07) is 21.3. The second-order valence-electron chi connectivity index (χ2n) is 5.51. The van der Waals surface area contributed by atoms with Gasteiger partial charge in [0, 0.05) is 0 Å². The SMILES string of the molecule is Cc1coc(C)c1[PH](C=O)(c1ccccc1)c1ccccc1. The van der Waals surface area contributed by atoms with Crippen LogP contribution >= 0.6 is 7.26 Å². The summed E-state index contributed by atoms with van der Waals surface area (Å²) in [4.78, 5) is 12.5. The summed E-state index contributed by atoms with van der Waals surface area (Å²) < 4.78 is 5.62. The summed E-state index contributed by atoms with van der Waals surface area (Å²) in [6.07, 6.45) is 1.75. The molecule has 0 bridgehead atoms. The first kappa shape index (κ1) is 14.7. The molecule has 3 heteroatoms. The van der Waals surface area contributed by atoms with Gasteiger partial charge in [0.1, 0.15) is 0 Å². The van der Waals surface area contributed by atoms with Gasteiger partial charge in [-0.2, -0.15) is 0 Å². The Bertz CT molecular complexity index is 717. The minimum atomic E-state index is -2.71. The Kier molecular flexibility index (Phi) is 3.96. The Morgan fingerprint density at radius 2 is 1.36 bits per heavy atom. The molecule has 1 aromatic heterocycles. The van der Waals surface area contributed by atoms with Crippen LogP contribution in [0.3, 0.4) is 0 Å². The van der Waals surface area contributed by atoms with Gasteiger partial charge in [-0.1, -0.05) is 0 Å². The van der Waals surface area contributed by atoms with Crippen molar-refractivity contribution in [2.75, 3.05) is 0 Å². The number of carbonyl (C=O) groups excluding carboxylic acids is 1. The van der Waals surface area contributed by atoms with Crippen LogP contribution in [0.25, 0.3) is 0 Å². The van der Waals surface area contributed by atoms with Crippen LogP contribution in [-0.4, -0.2) is 6.03 Å². The zero-order valence-electron chi connectivity index (χ0n) is 12.7. The molecular formula is C19H19O2P. The Hall–Kier alpha value is -2.18. The maximum absolute atomic E-state index is 12.5. The molecule has 0 aliphatic rings.